The van der Waals surface area contributed by atoms with Crippen LogP contribution >= 0.6 is 11.3 Å². The summed E-state index contributed by atoms with van der Waals surface area (Å²) in [6.45, 7) is 3.35. The molecule has 9 heteroatoms. The molecule has 0 aliphatic rings. The summed E-state index contributed by atoms with van der Waals surface area (Å²) in [6.07, 6.45) is 1.33. The summed E-state index contributed by atoms with van der Waals surface area (Å²) in [5.41, 5.74) is 1.97. The van der Waals surface area contributed by atoms with Crippen molar-refractivity contribution in [2.45, 2.75) is 20.4 Å². The quantitative estimate of drug-likeness (QED) is 0.372. The topological polar surface area (TPSA) is 107 Å². The molecule has 1 amide bonds. The molecule has 0 fully saturated rings. The number of nitro benzene ring substituents is 1. The van der Waals surface area contributed by atoms with Gasteiger partial charge in [-0.2, -0.15) is 0 Å². The first-order chi connectivity index (χ1) is 14.8. The molecule has 1 N–H and O–H groups in total. The first-order valence-electron chi connectivity index (χ1n) is 9.44. The first-order valence-corrected chi connectivity index (χ1v) is 10.3. The third kappa shape index (κ3) is 3.95. The fourth-order valence-corrected chi connectivity index (χ4v) is 4.45. The van der Waals surface area contributed by atoms with Gasteiger partial charge in [0.15, 0.2) is 0 Å². The standard InChI is InChI=1S/C22H18N4O4S/c1-13-8-9-16(17(10-13)26(29)30)24-18(27)11-25-12-23-21-20(22(25)28)19(14(2)31-21)15-6-4-3-5-7-15/h3-10,12H,11H2,1-2H3,(H,24,27). The lowest BCUT2D eigenvalue weighted by atomic mass is 10.0. The van der Waals surface area contributed by atoms with Crippen LogP contribution in [0.25, 0.3) is 21.3 Å². The minimum absolute atomic E-state index is 0.0824. The van der Waals surface area contributed by atoms with Gasteiger partial charge < -0.3 is 5.32 Å². The highest BCUT2D eigenvalue weighted by Gasteiger charge is 2.19. The number of nitrogens with one attached hydrogen (secondary N) is 1. The van der Waals surface area contributed by atoms with Crippen LogP contribution in [0.5, 0.6) is 0 Å². The van der Waals surface area contributed by atoms with E-state index in [9.17, 15) is 19.7 Å². The van der Waals surface area contributed by atoms with Crippen molar-refractivity contribution < 1.29 is 9.72 Å². The minimum atomic E-state index is -0.553. The second-order valence-corrected chi connectivity index (χ2v) is 8.29. The SMILES string of the molecule is Cc1ccc(NC(=O)Cn2cnc3sc(C)c(-c4ccccc4)c3c2=O)c([N+](=O)[O-])c1. The van der Waals surface area contributed by atoms with Gasteiger partial charge in [0.05, 0.1) is 16.6 Å². The molecule has 8 nitrogen and oxygen atoms in total. The Morgan fingerprint density at radius 2 is 1.94 bits per heavy atom. The van der Waals surface area contributed by atoms with Gasteiger partial charge in [-0.3, -0.25) is 24.3 Å². The van der Waals surface area contributed by atoms with E-state index in [0.29, 0.717) is 15.8 Å². The molecule has 2 heterocycles. The molecule has 0 saturated carbocycles. The lowest BCUT2D eigenvalue weighted by Gasteiger charge is -2.09. The number of thiophene rings is 1. The average Bonchev–Trinajstić information content (AvgIpc) is 3.08. The van der Waals surface area contributed by atoms with E-state index in [2.05, 4.69) is 10.3 Å². The Morgan fingerprint density at radius 1 is 1.19 bits per heavy atom. The van der Waals surface area contributed by atoms with Gasteiger partial charge in [0, 0.05) is 16.5 Å². The zero-order valence-electron chi connectivity index (χ0n) is 16.8. The van der Waals surface area contributed by atoms with Gasteiger partial charge >= 0.3 is 0 Å². The number of amides is 1. The Labute approximate surface area is 181 Å². The van der Waals surface area contributed by atoms with Gasteiger partial charge in [0.1, 0.15) is 17.1 Å². The van der Waals surface area contributed by atoms with E-state index in [1.54, 1.807) is 13.0 Å². The Balaban J connectivity index is 1.69. The van der Waals surface area contributed by atoms with Crippen LogP contribution in [-0.2, 0) is 11.3 Å². The number of hydrogen-bond acceptors (Lipinski definition) is 6. The number of nitrogens with zero attached hydrogens (tertiary/aromatic N) is 3. The number of carbonyl (C=O) groups excluding carboxylic acids is 1. The van der Waals surface area contributed by atoms with Gasteiger partial charge in [-0.15, -0.1) is 11.3 Å². The van der Waals surface area contributed by atoms with Crippen molar-refractivity contribution in [3.05, 3.63) is 85.8 Å². The van der Waals surface area contributed by atoms with Gasteiger partial charge in [-0.05, 0) is 31.0 Å². The molecular weight excluding hydrogens is 416 g/mol. The van der Waals surface area contributed by atoms with Crippen molar-refractivity contribution >= 4 is 38.8 Å². The maximum absolute atomic E-state index is 13.2. The number of anilines is 1. The van der Waals surface area contributed by atoms with Crippen LogP contribution in [0.1, 0.15) is 10.4 Å². The van der Waals surface area contributed by atoms with Gasteiger partial charge in [-0.1, -0.05) is 36.4 Å². The highest BCUT2D eigenvalue weighted by molar-refractivity contribution is 7.19. The molecular formula is C22H18N4O4S. The molecule has 0 unspecified atom stereocenters. The number of carbonyl (C=O) groups is 1. The first kappa shape index (κ1) is 20.4. The zero-order chi connectivity index (χ0) is 22.1. The predicted octanol–water partition coefficient (Wildman–Crippen LogP) is 4.29. The highest BCUT2D eigenvalue weighted by Crippen LogP contribution is 2.35. The molecule has 2 aromatic heterocycles. The molecule has 0 spiro atoms. The van der Waals surface area contributed by atoms with Crippen molar-refractivity contribution in [3.63, 3.8) is 0 Å². The lowest BCUT2D eigenvalue weighted by Crippen LogP contribution is -2.28. The number of benzene rings is 2. The summed E-state index contributed by atoms with van der Waals surface area (Å²) >= 11 is 1.42. The number of hydrogen-bond donors (Lipinski definition) is 1. The van der Waals surface area contributed by atoms with Crippen LogP contribution in [0, 0.1) is 24.0 Å². The third-order valence-corrected chi connectivity index (χ3v) is 5.87. The second-order valence-electron chi connectivity index (χ2n) is 7.08. The van der Waals surface area contributed by atoms with E-state index < -0.39 is 10.8 Å². The third-order valence-electron chi connectivity index (χ3n) is 4.86. The average molecular weight is 434 g/mol. The Morgan fingerprint density at radius 3 is 2.65 bits per heavy atom. The maximum Gasteiger partial charge on any atom is 0.293 e. The number of rotatable bonds is 5. The number of nitro groups is 1. The van der Waals surface area contributed by atoms with E-state index in [1.165, 1.54) is 34.4 Å². The molecule has 0 saturated heterocycles. The normalized spacial score (nSPS) is 10.9. The van der Waals surface area contributed by atoms with Crippen molar-refractivity contribution in [3.8, 4) is 11.1 Å². The Hall–Kier alpha value is -3.85. The van der Waals surface area contributed by atoms with Crippen LogP contribution < -0.4 is 10.9 Å². The summed E-state index contributed by atoms with van der Waals surface area (Å²) in [4.78, 5) is 42.4. The molecule has 156 valence electrons. The molecule has 0 aliphatic heterocycles. The number of aromatic nitrogens is 2. The lowest BCUT2D eigenvalue weighted by molar-refractivity contribution is -0.384. The van der Waals surface area contributed by atoms with Crippen LogP contribution in [-0.4, -0.2) is 20.4 Å². The van der Waals surface area contributed by atoms with Crippen LogP contribution in [0.15, 0.2) is 59.7 Å². The summed E-state index contributed by atoms with van der Waals surface area (Å²) in [5.74, 6) is -0.552. The van der Waals surface area contributed by atoms with E-state index in [-0.39, 0.29) is 23.5 Å². The molecule has 2 aromatic carbocycles. The number of fused-ring (bicyclic) bond motifs is 1. The van der Waals surface area contributed by atoms with Gasteiger partial charge in [0.2, 0.25) is 5.91 Å². The molecule has 0 aliphatic carbocycles. The van der Waals surface area contributed by atoms with E-state index in [4.69, 9.17) is 0 Å². The maximum atomic E-state index is 13.2. The minimum Gasteiger partial charge on any atom is -0.319 e. The molecule has 4 aromatic rings. The van der Waals surface area contributed by atoms with Crippen LogP contribution in [0.2, 0.25) is 0 Å². The van der Waals surface area contributed by atoms with Gasteiger partial charge in [-0.25, -0.2) is 4.98 Å². The van der Waals surface area contributed by atoms with Crippen molar-refractivity contribution in [1.29, 1.82) is 0 Å². The Kier molecular flexibility index (Phi) is 5.35. The highest BCUT2D eigenvalue weighted by atomic mass is 32.1. The fraction of sp³-hybridized carbons (Fsp3) is 0.136. The van der Waals surface area contributed by atoms with Crippen molar-refractivity contribution in [2.24, 2.45) is 0 Å². The number of aryl methyl sites for hydroxylation is 2. The molecule has 0 radical (unpaired) electrons. The molecule has 31 heavy (non-hydrogen) atoms. The van der Waals surface area contributed by atoms with E-state index in [0.717, 1.165) is 16.0 Å². The summed E-state index contributed by atoms with van der Waals surface area (Å²) in [7, 11) is 0. The monoisotopic (exact) mass is 434 g/mol. The van der Waals surface area contributed by atoms with Crippen molar-refractivity contribution in [2.75, 3.05) is 5.32 Å². The van der Waals surface area contributed by atoms with Crippen molar-refractivity contribution in [1.82, 2.24) is 9.55 Å². The molecule has 0 atom stereocenters. The summed E-state index contributed by atoms with van der Waals surface area (Å²) in [5, 5.41) is 14.3. The van der Waals surface area contributed by atoms with Gasteiger partial charge in [0.25, 0.3) is 11.2 Å². The zero-order valence-corrected chi connectivity index (χ0v) is 17.6. The summed E-state index contributed by atoms with van der Waals surface area (Å²) < 4.78 is 1.22. The second kappa shape index (κ2) is 8.11. The molecule has 4 rings (SSSR count). The van der Waals surface area contributed by atoms with E-state index >= 15 is 0 Å². The fourth-order valence-electron chi connectivity index (χ4n) is 3.45. The Bertz CT molecular complexity index is 1380. The van der Waals surface area contributed by atoms with Crippen LogP contribution in [0.4, 0.5) is 11.4 Å². The molecule has 0 bridgehead atoms. The summed E-state index contributed by atoms with van der Waals surface area (Å²) in [6, 6.07) is 14.1. The smallest absolute Gasteiger partial charge is 0.293 e. The van der Waals surface area contributed by atoms with Crippen LogP contribution in [0.3, 0.4) is 0 Å². The predicted molar refractivity (Wildman–Crippen MR) is 121 cm³/mol. The largest absolute Gasteiger partial charge is 0.319 e. The van der Waals surface area contributed by atoms with E-state index in [1.807, 2.05) is 37.3 Å².